The van der Waals surface area contributed by atoms with Crippen molar-refractivity contribution >= 4 is 86.3 Å². The fraction of sp³-hybridized carbons (Fsp3) is 0.0952. The molecule has 0 aliphatic rings. The fourth-order valence-corrected chi connectivity index (χ4v) is 8.73. The monoisotopic (exact) mass is 674 g/mol. The number of methoxy groups -OCH3 is 4. The van der Waals surface area contributed by atoms with Crippen LogP contribution in [-0.2, 0) is 0 Å². The van der Waals surface area contributed by atoms with Crippen LogP contribution in [0, 0.1) is 0 Å². The topological polar surface area (TPSA) is 59.9 Å². The van der Waals surface area contributed by atoms with Crippen molar-refractivity contribution in [1.82, 2.24) is 9.13 Å². The zero-order valence-electron chi connectivity index (χ0n) is 27.7. The number of hydrogen-bond donors (Lipinski definition) is 0. The van der Waals surface area contributed by atoms with Gasteiger partial charge in [0, 0.05) is 54.5 Å². The Kier molecular flexibility index (Phi) is 6.17. The molecule has 0 saturated heterocycles. The van der Waals surface area contributed by atoms with E-state index in [1.807, 2.05) is 24.3 Å². The summed E-state index contributed by atoms with van der Waals surface area (Å²) in [6.45, 7) is 0. The highest BCUT2D eigenvalue weighted by Gasteiger charge is 2.20. The summed E-state index contributed by atoms with van der Waals surface area (Å²) >= 11 is 1.77. The summed E-state index contributed by atoms with van der Waals surface area (Å²) in [6, 6.07) is 38.0. The maximum Gasteiger partial charge on any atom is 0.154 e. The Labute approximate surface area is 290 Å². The summed E-state index contributed by atoms with van der Waals surface area (Å²) < 4.78 is 35.9. The van der Waals surface area contributed by atoms with Gasteiger partial charge in [0.2, 0.25) is 0 Å². The molecule has 0 atom stereocenters. The SMILES string of the molecule is COc1ccc2c(c1)c1cc(OC)ccc1n2-c1ccc2c(c1)oc1c3ccc(-n4c5ccc(OC)cc5c5cc(OC)ccc54)cc3sc21. The molecule has 0 amide bonds. The number of benzene rings is 6. The van der Waals surface area contributed by atoms with E-state index in [-0.39, 0.29) is 0 Å². The maximum atomic E-state index is 6.69. The van der Waals surface area contributed by atoms with E-state index in [0.717, 1.165) is 105 Å². The number of nitrogens with zero attached hydrogens (tertiary/aromatic N) is 2. The lowest BCUT2D eigenvalue weighted by Crippen LogP contribution is -1.93. The van der Waals surface area contributed by atoms with Gasteiger partial charge >= 0.3 is 0 Å². The molecule has 244 valence electrons. The van der Waals surface area contributed by atoms with E-state index in [0.29, 0.717) is 0 Å². The molecule has 0 fully saturated rings. The van der Waals surface area contributed by atoms with E-state index >= 15 is 0 Å². The predicted octanol–water partition coefficient (Wildman–Crippen LogP) is 11.0. The molecule has 10 aromatic rings. The van der Waals surface area contributed by atoms with Crippen LogP contribution in [0.2, 0.25) is 0 Å². The number of furan rings is 1. The first-order chi connectivity index (χ1) is 24.6. The molecule has 0 N–H and O–H groups in total. The molecule has 7 nitrogen and oxygen atoms in total. The summed E-state index contributed by atoms with van der Waals surface area (Å²) in [5, 5.41) is 6.63. The van der Waals surface area contributed by atoms with Gasteiger partial charge < -0.3 is 32.5 Å². The highest BCUT2D eigenvalue weighted by atomic mass is 32.1. The number of aromatic nitrogens is 2. The molecule has 4 aromatic heterocycles. The molecule has 0 bridgehead atoms. The van der Waals surface area contributed by atoms with Crippen LogP contribution in [0.15, 0.2) is 114 Å². The average Bonchev–Trinajstić information content (AvgIpc) is 3.89. The molecular formula is C42H30N2O5S. The zero-order valence-corrected chi connectivity index (χ0v) is 28.6. The fourth-order valence-electron chi connectivity index (χ4n) is 7.54. The third kappa shape index (κ3) is 4.02. The molecule has 0 aliphatic heterocycles. The Morgan fingerprint density at radius 2 is 0.860 bits per heavy atom. The molecular weight excluding hydrogens is 645 g/mol. The van der Waals surface area contributed by atoms with Crippen LogP contribution in [0.1, 0.15) is 0 Å². The van der Waals surface area contributed by atoms with Gasteiger partial charge in [-0.25, -0.2) is 0 Å². The van der Waals surface area contributed by atoms with E-state index in [9.17, 15) is 0 Å². The van der Waals surface area contributed by atoms with Crippen molar-refractivity contribution in [2.75, 3.05) is 28.4 Å². The Morgan fingerprint density at radius 3 is 1.30 bits per heavy atom. The minimum absolute atomic E-state index is 0.815. The van der Waals surface area contributed by atoms with Crippen molar-refractivity contribution in [2.24, 2.45) is 0 Å². The predicted molar refractivity (Wildman–Crippen MR) is 204 cm³/mol. The van der Waals surface area contributed by atoms with Gasteiger partial charge in [-0.2, -0.15) is 0 Å². The molecule has 10 rings (SSSR count). The van der Waals surface area contributed by atoms with Crippen LogP contribution < -0.4 is 18.9 Å². The Hall–Kier alpha value is -6.12. The highest BCUT2D eigenvalue weighted by molar-refractivity contribution is 7.26. The van der Waals surface area contributed by atoms with Crippen LogP contribution in [0.3, 0.4) is 0 Å². The van der Waals surface area contributed by atoms with Gasteiger partial charge in [-0.1, -0.05) is 0 Å². The Morgan fingerprint density at radius 1 is 0.440 bits per heavy atom. The summed E-state index contributed by atoms with van der Waals surface area (Å²) in [4.78, 5) is 0. The van der Waals surface area contributed by atoms with E-state index < -0.39 is 0 Å². The van der Waals surface area contributed by atoms with Crippen LogP contribution in [0.4, 0.5) is 0 Å². The van der Waals surface area contributed by atoms with Crippen LogP contribution in [0.25, 0.3) is 86.3 Å². The van der Waals surface area contributed by atoms with Crippen molar-refractivity contribution in [1.29, 1.82) is 0 Å². The molecule has 8 heteroatoms. The van der Waals surface area contributed by atoms with E-state index in [1.165, 1.54) is 4.70 Å². The molecule has 50 heavy (non-hydrogen) atoms. The molecule has 0 spiro atoms. The van der Waals surface area contributed by atoms with Crippen LogP contribution in [0.5, 0.6) is 23.0 Å². The van der Waals surface area contributed by atoms with Crippen LogP contribution >= 0.6 is 11.3 Å². The van der Waals surface area contributed by atoms with Gasteiger partial charge in [0.25, 0.3) is 0 Å². The number of hydrogen-bond acceptors (Lipinski definition) is 6. The number of ether oxygens (including phenoxy) is 4. The first-order valence-corrected chi connectivity index (χ1v) is 17.1. The number of rotatable bonds is 6. The maximum absolute atomic E-state index is 6.69. The largest absolute Gasteiger partial charge is 0.497 e. The normalized spacial score (nSPS) is 12.0. The highest BCUT2D eigenvalue weighted by Crippen LogP contribution is 2.44. The zero-order chi connectivity index (χ0) is 33.7. The summed E-state index contributed by atoms with van der Waals surface area (Å²) in [5.41, 5.74) is 8.27. The molecule has 0 saturated carbocycles. The van der Waals surface area contributed by atoms with Crippen LogP contribution in [-0.4, -0.2) is 37.6 Å². The molecule has 0 radical (unpaired) electrons. The van der Waals surface area contributed by atoms with Crippen molar-refractivity contribution in [3.8, 4) is 34.4 Å². The number of thiophene rings is 1. The lowest BCUT2D eigenvalue weighted by Gasteiger charge is -2.09. The third-order valence-electron chi connectivity index (χ3n) is 9.93. The smallest absolute Gasteiger partial charge is 0.154 e. The lowest BCUT2D eigenvalue weighted by molar-refractivity contribution is 0.415. The quantitative estimate of drug-likeness (QED) is 0.176. The first-order valence-electron chi connectivity index (χ1n) is 16.3. The molecule has 0 aliphatic carbocycles. The standard InChI is InChI=1S/C42H30N2O5S/c1-45-25-7-13-35-31(19-25)32-20-26(46-2)8-14-36(32)43(35)23-5-11-29-39(17-23)49-41-30-12-6-24(18-40(30)50-42(29)41)44-37-15-9-27(47-3)21-33(37)34-22-28(48-4)10-16-38(34)44/h5-22H,1-4H3. The molecule has 0 unspecified atom stereocenters. The van der Waals surface area contributed by atoms with Gasteiger partial charge in [0.05, 0.1) is 55.2 Å². The van der Waals surface area contributed by atoms with Gasteiger partial charge in [-0.3, -0.25) is 0 Å². The molecule has 6 aromatic carbocycles. The second kappa shape index (κ2) is 10.7. The second-order valence-electron chi connectivity index (χ2n) is 12.4. The van der Waals surface area contributed by atoms with E-state index in [2.05, 4.69) is 94.1 Å². The van der Waals surface area contributed by atoms with Crippen molar-refractivity contribution in [3.05, 3.63) is 109 Å². The summed E-state index contributed by atoms with van der Waals surface area (Å²) in [6.07, 6.45) is 0. The third-order valence-corrected chi connectivity index (χ3v) is 11.1. The lowest BCUT2D eigenvalue weighted by atomic mass is 10.1. The van der Waals surface area contributed by atoms with Gasteiger partial charge in [-0.15, -0.1) is 11.3 Å². The second-order valence-corrected chi connectivity index (χ2v) is 13.5. The van der Waals surface area contributed by atoms with Gasteiger partial charge in [0.1, 0.15) is 28.6 Å². The Bertz CT molecular complexity index is 2670. The minimum Gasteiger partial charge on any atom is -0.497 e. The summed E-state index contributed by atoms with van der Waals surface area (Å²) in [7, 11) is 6.79. The first kappa shape index (κ1) is 28.9. The molecule has 4 heterocycles. The average molecular weight is 675 g/mol. The van der Waals surface area contributed by atoms with Crippen molar-refractivity contribution < 1.29 is 23.4 Å². The summed E-state index contributed by atoms with van der Waals surface area (Å²) in [5.74, 6) is 3.27. The minimum atomic E-state index is 0.815. The number of fused-ring (bicyclic) bond motifs is 11. The van der Waals surface area contributed by atoms with E-state index in [4.69, 9.17) is 23.4 Å². The van der Waals surface area contributed by atoms with Crippen molar-refractivity contribution in [2.45, 2.75) is 0 Å². The van der Waals surface area contributed by atoms with Crippen molar-refractivity contribution in [3.63, 3.8) is 0 Å². The Balaban J connectivity index is 1.13. The van der Waals surface area contributed by atoms with Gasteiger partial charge in [0.15, 0.2) is 5.58 Å². The van der Waals surface area contributed by atoms with E-state index in [1.54, 1.807) is 39.8 Å². The van der Waals surface area contributed by atoms with Gasteiger partial charge in [-0.05, 0) is 103 Å².